The first-order chi connectivity index (χ1) is 19.6. The van der Waals surface area contributed by atoms with Crippen molar-refractivity contribution in [1.29, 1.82) is 0 Å². The summed E-state index contributed by atoms with van der Waals surface area (Å²) in [5.41, 5.74) is 2.02. The fourth-order valence-corrected chi connectivity index (χ4v) is 5.80. The fourth-order valence-electron chi connectivity index (χ4n) is 5.80. The zero-order chi connectivity index (χ0) is 28.9. The molecule has 1 aliphatic heterocycles. The van der Waals surface area contributed by atoms with Crippen LogP contribution in [-0.4, -0.2) is 61.6 Å². The molecule has 1 aromatic carbocycles. The molecule has 2 saturated carbocycles. The van der Waals surface area contributed by atoms with Gasteiger partial charge in [-0.3, -0.25) is 9.48 Å². The summed E-state index contributed by atoms with van der Waals surface area (Å²) in [4.78, 5) is 31.5. The second-order valence-electron chi connectivity index (χ2n) is 11.6. The molecule has 1 saturated heterocycles. The Balaban J connectivity index is 1.24. The number of halogens is 3. The van der Waals surface area contributed by atoms with Gasteiger partial charge in [-0.2, -0.15) is 18.3 Å². The molecule has 41 heavy (non-hydrogen) atoms. The molecule has 3 atom stereocenters. The SMILES string of the molecule is C[C@H](O)CCn1nccc1C(=O)N[C@H](c1nc2cc(CN3C[C@@H](C(F)(F)F)NC3=O)ccc2o1)C(C1CC1)C1CC1. The number of aliphatic hydroxyl groups excluding tert-OH is 1. The minimum Gasteiger partial charge on any atom is -0.438 e. The number of amides is 3. The molecule has 3 N–H and O–H groups in total. The number of aliphatic hydroxyl groups is 1. The monoisotopic (exact) mass is 574 g/mol. The molecule has 2 aromatic heterocycles. The lowest BCUT2D eigenvalue weighted by molar-refractivity contribution is -0.149. The zero-order valence-electron chi connectivity index (χ0n) is 22.6. The molecule has 2 aliphatic carbocycles. The number of oxazole rings is 1. The standard InChI is InChI=1S/C28H33F3N6O4/c1-15(38)9-11-37-20(8-10-32-37)25(39)35-24(23(17-3-4-17)18-5-6-18)26-33-19-12-16(2-7-21(19)41-26)13-36-14-22(28(29,30)31)34-27(36)40/h2,7-8,10,12,15,17-18,22-24,38H,3-6,9,11,13-14H2,1H3,(H,34,40)(H,35,39)/t15-,22-,24-/m0/s1. The molecule has 3 aromatic rings. The Morgan fingerprint density at radius 2 is 1.95 bits per heavy atom. The van der Waals surface area contributed by atoms with E-state index in [1.54, 1.807) is 42.1 Å². The number of carbonyl (C=O) groups is 2. The van der Waals surface area contributed by atoms with Crippen molar-refractivity contribution in [2.24, 2.45) is 17.8 Å². The summed E-state index contributed by atoms with van der Waals surface area (Å²) in [6, 6.07) is 3.64. The topological polar surface area (TPSA) is 126 Å². The van der Waals surface area contributed by atoms with Crippen LogP contribution in [0, 0.1) is 17.8 Å². The van der Waals surface area contributed by atoms with Crippen LogP contribution < -0.4 is 10.6 Å². The van der Waals surface area contributed by atoms with E-state index in [2.05, 4.69) is 10.4 Å². The highest BCUT2D eigenvalue weighted by molar-refractivity contribution is 5.92. The molecule has 13 heteroatoms. The van der Waals surface area contributed by atoms with Crippen LogP contribution in [0.2, 0.25) is 0 Å². The Hall–Kier alpha value is -3.61. The first kappa shape index (κ1) is 27.6. The quantitative estimate of drug-likeness (QED) is 0.316. The van der Waals surface area contributed by atoms with Gasteiger partial charge in [-0.25, -0.2) is 9.78 Å². The summed E-state index contributed by atoms with van der Waals surface area (Å²) in [7, 11) is 0. The van der Waals surface area contributed by atoms with Gasteiger partial charge >= 0.3 is 12.2 Å². The molecule has 6 rings (SSSR count). The van der Waals surface area contributed by atoms with Gasteiger partial charge < -0.3 is 25.1 Å². The van der Waals surface area contributed by atoms with Crippen molar-refractivity contribution < 1.29 is 32.3 Å². The number of urea groups is 1. The van der Waals surface area contributed by atoms with E-state index in [-0.39, 0.29) is 18.4 Å². The third kappa shape index (κ3) is 6.04. The molecule has 0 bridgehead atoms. The third-order valence-corrected chi connectivity index (χ3v) is 8.20. The van der Waals surface area contributed by atoms with E-state index < -0.39 is 36.9 Å². The lowest BCUT2D eigenvalue weighted by Gasteiger charge is -2.26. The van der Waals surface area contributed by atoms with E-state index in [9.17, 15) is 27.9 Å². The van der Waals surface area contributed by atoms with Gasteiger partial charge in [-0.05, 0) is 80.5 Å². The normalized spacial score (nSPS) is 21.0. The van der Waals surface area contributed by atoms with Gasteiger partial charge in [0, 0.05) is 19.3 Å². The molecule has 3 fully saturated rings. The number of fused-ring (bicyclic) bond motifs is 1. The summed E-state index contributed by atoms with van der Waals surface area (Å²) >= 11 is 0. The van der Waals surface area contributed by atoms with Crippen LogP contribution in [0.1, 0.15) is 67.0 Å². The number of rotatable bonds is 11. The van der Waals surface area contributed by atoms with Crippen LogP contribution >= 0.6 is 0 Å². The van der Waals surface area contributed by atoms with Crippen LogP contribution in [0.25, 0.3) is 11.1 Å². The first-order valence-corrected chi connectivity index (χ1v) is 14.1. The van der Waals surface area contributed by atoms with Crippen molar-refractivity contribution in [2.45, 2.75) is 76.5 Å². The summed E-state index contributed by atoms with van der Waals surface area (Å²) in [5, 5.41) is 19.1. The maximum absolute atomic E-state index is 13.5. The van der Waals surface area contributed by atoms with Gasteiger partial charge in [0.2, 0.25) is 5.89 Å². The number of alkyl halides is 3. The number of benzene rings is 1. The van der Waals surface area contributed by atoms with Crippen LogP contribution in [0.15, 0.2) is 34.9 Å². The van der Waals surface area contributed by atoms with Crippen molar-refractivity contribution >= 4 is 23.0 Å². The third-order valence-electron chi connectivity index (χ3n) is 8.20. The van der Waals surface area contributed by atoms with E-state index in [1.807, 2.05) is 5.32 Å². The van der Waals surface area contributed by atoms with Crippen LogP contribution in [0.3, 0.4) is 0 Å². The Morgan fingerprint density at radius 3 is 2.59 bits per heavy atom. The average Bonchev–Trinajstić information content (AvgIpc) is 3.80. The lowest BCUT2D eigenvalue weighted by atomic mass is 9.89. The van der Waals surface area contributed by atoms with Crippen molar-refractivity contribution in [3.8, 4) is 0 Å². The molecule has 10 nitrogen and oxygen atoms in total. The maximum Gasteiger partial charge on any atom is 0.410 e. The molecule has 0 unspecified atom stereocenters. The predicted octanol–water partition coefficient (Wildman–Crippen LogP) is 4.16. The molecule has 3 heterocycles. The number of hydrogen-bond donors (Lipinski definition) is 3. The molecule has 0 spiro atoms. The molecule has 220 valence electrons. The summed E-state index contributed by atoms with van der Waals surface area (Å²) < 4.78 is 47.0. The highest BCUT2D eigenvalue weighted by Crippen LogP contribution is 2.54. The Labute approximate surface area is 234 Å². The van der Waals surface area contributed by atoms with Gasteiger partial charge in [0.25, 0.3) is 5.91 Å². The van der Waals surface area contributed by atoms with Crippen molar-refractivity contribution in [3.05, 3.63) is 47.6 Å². The van der Waals surface area contributed by atoms with Crippen molar-refractivity contribution in [2.75, 3.05) is 6.54 Å². The molecular weight excluding hydrogens is 541 g/mol. The summed E-state index contributed by atoms with van der Waals surface area (Å²) in [6.45, 7) is 1.63. The number of hydrogen-bond acceptors (Lipinski definition) is 6. The molecule has 3 aliphatic rings. The predicted molar refractivity (Wildman–Crippen MR) is 140 cm³/mol. The van der Waals surface area contributed by atoms with Gasteiger partial charge in [-0.15, -0.1) is 0 Å². The molecular formula is C28H33F3N6O4. The highest BCUT2D eigenvalue weighted by Gasteiger charge is 2.49. The van der Waals surface area contributed by atoms with E-state index >= 15 is 0 Å². The molecule has 0 radical (unpaired) electrons. The first-order valence-electron chi connectivity index (χ1n) is 14.1. The van der Waals surface area contributed by atoms with E-state index in [1.165, 1.54) is 0 Å². The van der Waals surface area contributed by atoms with Gasteiger partial charge in [0.15, 0.2) is 5.58 Å². The zero-order valence-corrected chi connectivity index (χ0v) is 22.6. The van der Waals surface area contributed by atoms with Gasteiger partial charge in [0.05, 0.1) is 12.6 Å². The minimum atomic E-state index is -4.51. The van der Waals surface area contributed by atoms with E-state index in [0.717, 1.165) is 30.6 Å². The number of nitrogens with zero attached hydrogens (tertiary/aromatic N) is 4. The minimum absolute atomic E-state index is 0.0000686. The summed E-state index contributed by atoms with van der Waals surface area (Å²) in [6.07, 6.45) is 1.33. The number of aryl methyl sites for hydroxylation is 1. The Kier molecular flexibility index (Phi) is 7.16. The Morgan fingerprint density at radius 1 is 1.22 bits per heavy atom. The fraction of sp³-hybridized carbons (Fsp3) is 0.571. The largest absolute Gasteiger partial charge is 0.438 e. The second kappa shape index (κ2) is 10.7. The van der Waals surface area contributed by atoms with Crippen LogP contribution in [0.4, 0.5) is 18.0 Å². The summed E-state index contributed by atoms with van der Waals surface area (Å²) in [5.74, 6) is 1.20. The molecule has 3 amide bonds. The van der Waals surface area contributed by atoms with E-state index in [4.69, 9.17) is 9.40 Å². The van der Waals surface area contributed by atoms with Gasteiger partial charge in [-0.1, -0.05) is 6.07 Å². The van der Waals surface area contributed by atoms with Crippen molar-refractivity contribution in [1.82, 2.24) is 30.3 Å². The van der Waals surface area contributed by atoms with Crippen molar-refractivity contribution in [3.63, 3.8) is 0 Å². The average molecular weight is 575 g/mol. The highest BCUT2D eigenvalue weighted by atomic mass is 19.4. The number of aromatic nitrogens is 3. The number of nitrogens with one attached hydrogen (secondary N) is 2. The maximum atomic E-state index is 13.5. The number of carbonyl (C=O) groups excluding carboxylic acids is 2. The second-order valence-corrected chi connectivity index (χ2v) is 11.6. The smallest absolute Gasteiger partial charge is 0.410 e. The Bertz CT molecular complexity index is 1420. The lowest BCUT2D eigenvalue weighted by Crippen LogP contribution is -2.40. The van der Waals surface area contributed by atoms with E-state index in [0.29, 0.717) is 53.0 Å². The van der Waals surface area contributed by atoms with Gasteiger partial charge in [0.1, 0.15) is 23.3 Å². The van der Waals surface area contributed by atoms with Crippen LogP contribution in [-0.2, 0) is 13.1 Å². The van der Waals surface area contributed by atoms with Crippen LogP contribution in [0.5, 0.6) is 0 Å².